The van der Waals surface area contributed by atoms with Crippen LogP contribution in [0.15, 0.2) is 24.3 Å². The minimum atomic E-state index is -2.05. The van der Waals surface area contributed by atoms with Gasteiger partial charge in [-0.25, -0.2) is 0 Å². The Balaban J connectivity index is 2.26. The number of rotatable bonds is 2. The van der Waals surface area contributed by atoms with Crippen LogP contribution in [-0.4, -0.2) is 30.2 Å². The number of benzene rings is 1. The zero-order chi connectivity index (χ0) is 13.5. The van der Waals surface area contributed by atoms with Crippen molar-refractivity contribution in [1.82, 2.24) is 5.43 Å². The molecule has 0 spiro atoms. The Bertz CT molecular complexity index is 491. The molecule has 1 aromatic carbocycles. The minimum absolute atomic E-state index is 0.188. The number of nitrogens with zero attached hydrogens (tertiary/aromatic N) is 1. The molecule has 5 heteroatoms. The van der Waals surface area contributed by atoms with Crippen LogP contribution in [0.2, 0.25) is 14.8 Å². The first-order valence-corrected chi connectivity index (χ1v) is 16.0. The standard InChI is InChI=1S/C10H9N2O2.3CH3.Sn/c1-7-9(13)11-12(10(7)14)8-5-3-2-4-6-8;;;;/h3-7H,1H3,(H,11,13);3*1H3;. The van der Waals surface area contributed by atoms with Crippen LogP contribution >= 0.6 is 0 Å². The van der Waals surface area contributed by atoms with Crippen LogP contribution in [0, 0.1) is 5.92 Å². The van der Waals surface area contributed by atoms with Gasteiger partial charge in [0.2, 0.25) is 0 Å². The van der Waals surface area contributed by atoms with Gasteiger partial charge >= 0.3 is 111 Å². The van der Waals surface area contributed by atoms with Crippen molar-refractivity contribution >= 4 is 39.5 Å². The Morgan fingerprint density at radius 3 is 2.06 bits per heavy atom. The van der Waals surface area contributed by atoms with E-state index in [1.165, 1.54) is 8.59 Å². The third-order valence-corrected chi connectivity index (χ3v) is 9.09. The molecule has 0 bridgehead atoms. The van der Waals surface area contributed by atoms with Crippen molar-refractivity contribution in [3.63, 3.8) is 0 Å². The molecule has 1 aliphatic rings. The van der Waals surface area contributed by atoms with Crippen LogP contribution in [0.1, 0.15) is 6.92 Å². The number of nitrogens with one attached hydrogen (secondary N) is 1. The van der Waals surface area contributed by atoms with E-state index >= 15 is 0 Å². The Morgan fingerprint density at radius 2 is 1.67 bits per heavy atom. The van der Waals surface area contributed by atoms with Crippen molar-refractivity contribution in [3.05, 3.63) is 24.3 Å². The van der Waals surface area contributed by atoms with Crippen LogP contribution in [0.4, 0.5) is 5.69 Å². The Labute approximate surface area is 111 Å². The van der Waals surface area contributed by atoms with Gasteiger partial charge in [-0.15, -0.1) is 0 Å². The van der Waals surface area contributed by atoms with Crippen LogP contribution < -0.4 is 14.0 Å². The summed E-state index contributed by atoms with van der Waals surface area (Å²) in [5, 5.41) is 1.34. The Kier molecular flexibility index (Phi) is 3.40. The molecule has 2 amide bonds. The second-order valence-electron chi connectivity index (χ2n) is 5.67. The SMILES string of the molecule is CC1C(=O)NN(c2cc[c]([Sn]([CH3])([CH3])[CH3])cc2)C1=O. The van der Waals surface area contributed by atoms with Gasteiger partial charge in [-0.3, -0.25) is 0 Å². The van der Waals surface area contributed by atoms with Crippen LogP contribution in [0.3, 0.4) is 0 Å². The van der Waals surface area contributed by atoms with Crippen LogP contribution in [0.5, 0.6) is 0 Å². The number of hydrogen-bond acceptors (Lipinski definition) is 2. The molecule has 1 saturated heterocycles. The second kappa shape index (κ2) is 4.57. The molecule has 1 heterocycles. The maximum absolute atomic E-state index is 11.9. The average Bonchev–Trinajstić information content (AvgIpc) is 2.56. The molecule has 18 heavy (non-hydrogen) atoms. The van der Waals surface area contributed by atoms with E-state index < -0.39 is 24.3 Å². The Hall–Kier alpha value is -1.04. The molecule has 96 valence electrons. The molecule has 0 aliphatic carbocycles. The molecule has 1 atom stereocenters. The molecular weight excluding hydrogens is 335 g/mol. The molecule has 1 unspecified atom stereocenters. The molecule has 4 nitrogen and oxygen atoms in total. The Morgan fingerprint density at radius 1 is 1.11 bits per heavy atom. The van der Waals surface area contributed by atoms with Gasteiger partial charge in [0.25, 0.3) is 0 Å². The van der Waals surface area contributed by atoms with Crippen molar-refractivity contribution in [2.24, 2.45) is 5.92 Å². The zero-order valence-electron chi connectivity index (χ0n) is 11.2. The van der Waals surface area contributed by atoms with Crippen molar-refractivity contribution in [2.75, 3.05) is 5.01 Å². The summed E-state index contributed by atoms with van der Waals surface area (Å²) in [6.07, 6.45) is 0. The second-order valence-corrected chi connectivity index (χ2v) is 20.2. The maximum atomic E-state index is 11.9. The van der Waals surface area contributed by atoms with Gasteiger partial charge in [-0.1, -0.05) is 0 Å². The van der Waals surface area contributed by atoms with Gasteiger partial charge in [-0.05, 0) is 0 Å². The summed E-state index contributed by atoms with van der Waals surface area (Å²) >= 11 is -2.05. The predicted molar refractivity (Wildman–Crippen MR) is 74.2 cm³/mol. The molecule has 0 saturated carbocycles. The quantitative estimate of drug-likeness (QED) is 0.643. The predicted octanol–water partition coefficient (Wildman–Crippen LogP) is 1.25. The summed E-state index contributed by atoms with van der Waals surface area (Å²) in [6, 6.07) is 7.98. The number of amides is 2. The van der Waals surface area contributed by atoms with Crippen molar-refractivity contribution in [1.29, 1.82) is 0 Å². The van der Waals surface area contributed by atoms with Crippen molar-refractivity contribution in [3.8, 4) is 0 Å². The van der Waals surface area contributed by atoms with Gasteiger partial charge in [0.15, 0.2) is 0 Å². The summed E-state index contributed by atoms with van der Waals surface area (Å²) in [4.78, 5) is 30.3. The van der Waals surface area contributed by atoms with Gasteiger partial charge < -0.3 is 0 Å². The number of anilines is 1. The third kappa shape index (κ3) is 2.38. The number of carbonyl (C=O) groups is 2. The first-order chi connectivity index (χ1) is 8.30. The van der Waals surface area contributed by atoms with Gasteiger partial charge in [0.05, 0.1) is 0 Å². The molecule has 1 aliphatic heterocycles. The summed E-state index contributed by atoms with van der Waals surface area (Å²) in [5.41, 5.74) is 3.32. The van der Waals surface area contributed by atoms with Crippen LogP contribution in [0.25, 0.3) is 0 Å². The molecule has 0 aromatic heterocycles. The first-order valence-electron chi connectivity index (χ1n) is 6.06. The van der Waals surface area contributed by atoms with E-state index in [1.54, 1.807) is 6.92 Å². The average molecular weight is 353 g/mol. The third-order valence-electron chi connectivity index (χ3n) is 3.20. The van der Waals surface area contributed by atoms with E-state index in [-0.39, 0.29) is 11.8 Å². The number of hydrazine groups is 1. The molecule has 1 aromatic rings. The molecule has 2 rings (SSSR count). The summed E-state index contributed by atoms with van der Waals surface area (Å²) in [7, 11) is 0. The molecule has 1 fully saturated rings. The molecular formula is C13H18N2O2Sn. The fraction of sp³-hybridized carbons (Fsp3) is 0.385. The fourth-order valence-electron chi connectivity index (χ4n) is 1.87. The van der Waals surface area contributed by atoms with E-state index in [0.29, 0.717) is 0 Å². The molecule has 1 N–H and O–H groups in total. The van der Waals surface area contributed by atoms with Crippen molar-refractivity contribution in [2.45, 2.75) is 21.7 Å². The topological polar surface area (TPSA) is 49.4 Å². The summed E-state index contributed by atoms with van der Waals surface area (Å²) in [6.45, 7) is 1.62. The van der Waals surface area contributed by atoms with E-state index in [2.05, 4.69) is 32.4 Å². The summed E-state index contributed by atoms with van der Waals surface area (Å²) in [5.74, 6) is -1.02. The van der Waals surface area contributed by atoms with E-state index in [1.807, 2.05) is 12.1 Å². The number of carbonyl (C=O) groups excluding carboxylic acids is 2. The zero-order valence-corrected chi connectivity index (χ0v) is 14.0. The normalized spacial score (nSPS) is 20.2. The van der Waals surface area contributed by atoms with E-state index in [4.69, 9.17) is 0 Å². The van der Waals surface area contributed by atoms with Crippen molar-refractivity contribution < 1.29 is 9.59 Å². The number of hydrogen-bond donors (Lipinski definition) is 1. The van der Waals surface area contributed by atoms with E-state index in [0.717, 1.165) is 5.69 Å². The van der Waals surface area contributed by atoms with Gasteiger partial charge in [-0.2, -0.15) is 0 Å². The van der Waals surface area contributed by atoms with Gasteiger partial charge in [0.1, 0.15) is 0 Å². The van der Waals surface area contributed by atoms with Gasteiger partial charge in [0, 0.05) is 0 Å². The first kappa shape index (κ1) is 13.4. The fourth-order valence-corrected chi connectivity index (χ4v) is 5.20. The monoisotopic (exact) mass is 354 g/mol. The van der Waals surface area contributed by atoms with E-state index in [9.17, 15) is 9.59 Å². The van der Waals surface area contributed by atoms with Crippen LogP contribution in [-0.2, 0) is 9.59 Å². The molecule has 0 radical (unpaired) electrons. The summed E-state index contributed by atoms with van der Waals surface area (Å²) < 4.78 is 1.40.